The molecule has 0 saturated heterocycles. The summed E-state index contributed by atoms with van der Waals surface area (Å²) in [6.07, 6.45) is 1.15. The summed E-state index contributed by atoms with van der Waals surface area (Å²) in [5.74, 6) is -2.40. The van der Waals surface area contributed by atoms with Gasteiger partial charge in [0.05, 0.1) is 5.56 Å². The van der Waals surface area contributed by atoms with Crippen LogP contribution in [0.4, 0.5) is 0 Å². The first-order valence-corrected chi connectivity index (χ1v) is 6.11. The molecule has 0 bridgehead atoms. The van der Waals surface area contributed by atoms with Crippen LogP contribution in [0.2, 0.25) is 0 Å². The summed E-state index contributed by atoms with van der Waals surface area (Å²) in [5.41, 5.74) is -0.350. The van der Waals surface area contributed by atoms with E-state index < -0.39 is 11.9 Å². The number of aromatic nitrogens is 1. The van der Waals surface area contributed by atoms with Crippen molar-refractivity contribution >= 4 is 11.9 Å². The molecule has 1 rings (SSSR count). The van der Waals surface area contributed by atoms with Crippen LogP contribution in [-0.2, 0) is 0 Å². The first kappa shape index (κ1) is 17.1. The van der Waals surface area contributed by atoms with Gasteiger partial charge in [-0.25, -0.2) is 14.6 Å². The summed E-state index contributed by atoms with van der Waals surface area (Å²) in [6, 6.07) is 2.24. The van der Waals surface area contributed by atoms with E-state index in [1.54, 1.807) is 0 Å². The van der Waals surface area contributed by atoms with Gasteiger partial charge in [-0.2, -0.15) is 0 Å². The van der Waals surface area contributed by atoms with Crippen LogP contribution in [0.1, 0.15) is 41.6 Å². The van der Waals surface area contributed by atoms with Crippen molar-refractivity contribution in [1.82, 2.24) is 9.88 Å². The minimum atomic E-state index is -1.24. The van der Waals surface area contributed by atoms with E-state index in [4.69, 9.17) is 10.2 Å². The van der Waals surface area contributed by atoms with E-state index in [2.05, 4.69) is 30.7 Å². The van der Waals surface area contributed by atoms with Crippen molar-refractivity contribution in [2.45, 2.75) is 20.8 Å². The molecule has 0 saturated carbocycles. The highest BCUT2D eigenvalue weighted by Gasteiger charge is 2.08. The molecule has 6 heteroatoms. The van der Waals surface area contributed by atoms with Crippen LogP contribution < -0.4 is 0 Å². The number of hydrogen-bond donors (Lipinski definition) is 2. The normalized spacial score (nSPS) is 9.68. The topological polar surface area (TPSA) is 90.7 Å². The maximum absolute atomic E-state index is 10.4. The van der Waals surface area contributed by atoms with Gasteiger partial charge in [0, 0.05) is 6.20 Å². The van der Waals surface area contributed by atoms with Gasteiger partial charge >= 0.3 is 11.9 Å². The van der Waals surface area contributed by atoms with E-state index in [-0.39, 0.29) is 11.3 Å². The minimum Gasteiger partial charge on any atom is -0.478 e. The average Bonchev–Trinajstić information content (AvgIpc) is 2.41. The number of aromatic carboxylic acids is 2. The van der Waals surface area contributed by atoms with Gasteiger partial charge in [-0.05, 0) is 31.8 Å². The van der Waals surface area contributed by atoms with Crippen molar-refractivity contribution in [2.75, 3.05) is 19.6 Å². The third-order valence-corrected chi connectivity index (χ3v) is 2.57. The quantitative estimate of drug-likeness (QED) is 0.846. The van der Waals surface area contributed by atoms with Crippen LogP contribution in [0.5, 0.6) is 0 Å². The van der Waals surface area contributed by atoms with E-state index in [0.29, 0.717) is 0 Å². The fourth-order valence-electron chi connectivity index (χ4n) is 1.35. The van der Waals surface area contributed by atoms with Crippen molar-refractivity contribution in [2.24, 2.45) is 0 Å². The zero-order valence-electron chi connectivity index (χ0n) is 11.5. The number of hydrogen-bond acceptors (Lipinski definition) is 4. The monoisotopic (exact) mass is 268 g/mol. The molecule has 2 N–H and O–H groups in total. The Labute approximate surface area is 112 Å². The van der Waals surface area contributed by atoms with Gasteiger partial charge < -0.3 is 15.1 Å². The van der Waals surface area contributed by atoms with E-state index in [9.17, 15) is 9.59 Å². The third-order valence-electron chi connectivity index (χ3n) is 2.57. The largest absolute Gasteiger partial charge is 0.478 e. The van der Waals surface area contributed by atoms with Crippen LogP contribution in [0.25, 0.3) is 0 Å². The Morgan fingerprint density at radius 2 is 1.63 bits per heavy atom. The molecule has 0 aromatic carbocycles. The number of carbonyl (C=O) groups is 2. The Morgan fingerprint density at radius 1 is 1.11 bits per heavy atom. The number of carboxylic acids is 2. The summed E-state index contributed by atoms with van der Waals surface area (Å²) in [4.78, 5) is 26.5. The second kappa shape index (κ2) is 9.04. The highest BCUT2D eigenvalue weighted by atomic mass is 16.4. The van der Waals surface area contributed by atoms with Crippen molar-refractivity contribution < 1.29 is 19.8 Å². The van der Waals surface area contributed by atoms with Gasteiger partial charge in [0.25, 0.3) is 0 Å². The van der Waals surface area contributed by atoms with Crippen LogP contribution in [0.15, 0.2) is 18.3 Å². The first-order valence-electron chi connectivity index (χ1n) is 6.11. The molecule has 0 aliphatic carbocycles. The molecular weight excluding hydrogens is 248 g/mol. The summed E-state index contributed by atoms with van der Waals surface area (Å²) < 4.78 is 0. The lowest BCUT2D eigenvalue weighted by Gasteiger charge is -2.13. The fraction of sp³-hybridized carbons (Fsp3) is 0.462. The van der Waals surface area contributed by atoms with E-state index >= 15 is 0 Å². The van der Waals surface area contributed by atoms with Gasteiger partial charge in [0.15, 0.2) is 0 Å². The third kappa shape index (κ3) is 6.52. The molecule has 0 unspecified atom stereocenters. The maximum atomic E-state index is 10.4. The smallest absolute Gasteiger partial charge is 0.354 e. The van der Waals surface area contributed by atoms with E-state index in [1.807, 2.05) is 0 Å². The number of pyridine rings is 1. The van der Waals surface area contributed by atoms with Crippen LogP contribution in [0.3, 0.4) is 0 Å². The lowest BCUT2D eigenvalue weighted by atomic mass is 10.2. The van der Waals surface area contributed by atoms with Crippen molar-refractivity contribution in [1.29, 1.82) is 0 Å². The van der Waals surface area contributed by atoms with Gasteiger partial charge in [-0.1, -0.05) is 20.8 Å². The van der Waals surface area contributed by atoms with Crippen LogP contribution in [0, 0.1) is 0 Å². The molecule has 6 nitrogen and oxygen atoms in total. The Morgan fingerprint density at radius 3 is 1.95 bits per heavy atom. The van der Waals surface area contributed by atoms with Crippen LogP contribution >= 0.6 is 0 Å². The van der Waals surface area contributed by atoms with Gasteiger partial charge in [0.1, 0.15) is 5.69 Å². The highest BCUT2D eigenvalue weighted by molar-refractivity contribution is 5.92. The Kier molecular flexibility index (Phi) is 8.12. The molecule has 0 atom stereocenters. The second-order valence-electron chi connectivity index (χ2n) is 3.66. The lowest BCUT2D eigenvalue weighted by molar-refractivity contribution is 0.0690. The molecule has 106 valence electrons. The molecule has 1 heterocycles. The molecule has 1 aromatic heterocycles. The van der Waals surface area contributed by atoms with Gasteiger partial charge in [0.2, 0.25) is 0 Å². The summed E-state index contributed by atoms with van der Waals surface area (Å²) in [7, 11) is 0. The average molecular weight is 268 g/mol. The zero-order valence-corrected chi connectivity index (χ0v) is 11.5. The standard InChI is InChI=1S/C7H5NO4.C6H15N/c9-6(10)4-1-2-8-5(3-4)7(11)12;1-4-7(5-2)6-3/h1-3H,(H,9,10)(H,11,12);4-6H2,1-3H3. The molecule has 19 heavy (non-hydrogen) atoms. The number of nitrogens with zero attached hydrogens (tertiary/aromatic N) is 2. The molecule has 0 radical (unpaired) electrons. The highest BCUT2D eigenvalue weighted by Crippen LogP contribution is 2.01. The van der Waals surface area contributed by atoms with E-state index in [0.717, 1.165) is 12.3 Å². The maximum Gasteiger partial charge on any atom is 0.354 e. The fourth-order valence-corrected chi connectivity index (χ4v) is 1.35. The molecule has 0 aliphatic heterocycles. The predicted octanol–water partition coefficient (Wildman–Crippen LogP) is 1.83. The van der Waals surface area contributed by atoms with E-state index in [1.165, 1.54) is 25.7 Å². The Hall–Kier alpha value is -1.95. The minimum absolute atomic E-state index is 0.0811. The van der Waals surface area contributed by atoms with Crippen LogP contribution in [-0.4, -0.2) is 51.7 Å². The van der Waals surface area contributed by atoms with Crippen molar-refractivity contribution in [3.05, 3.63) is 29.6 Å². The molecule has 1 aromatic rings. The lowest BCUT2D eigenvalue weighted by Crippen LogP contribution is -2.21. The van der Waals surface area contributed by atoms with Gasteiger partial charge in [-0.3, -0.25) is 0 Å². The molecular formula is C13H20N2O4. The molecule has 0 amide bonds. The summed E-state index contributed by atoms with van der Waals surface area (Å²) in [6.45, 7) is 10.1. The van der Waals surface area contributed by atoms with Crippen molar-refractivity contribution in [3.8, 4) is 0 Å². The molecule has 0 aliphatic rings. The summed E-state index contributed by atoms with van der Waals surface area (Å²) in [5, 5.41) is 16.9. The molecule has 0 fully saturated rings. The first-order chi connectivity index (χ1) is 8.96. The Balaban J connectivity index is 0.000000399. The summed E-state index contributed by atoms with van der Waals surface area (Å²) >= 11 is 0. The Bertz CT molecular complexity index is 382. The number of carboxylic acid groups (broad SMARTS) is 2. The van der Waals surface area contributed by atoms with Crippen molar-refractivity contribution in [3.63, 3.8) is 0 Å². The van der Waals surface area contributed by atoms with Gasteiger partial charge in [-0.15, -0.1) is 0 Å². The molecule has 0 spiro atoms. The SMILES string of the molecule is CCN(CC)CC.O=C(O)c1ccnc(C(=O)O)c1. The number of rotatable bonds is 5. The second-order valence-corrected chi connectivity index (χ2v) is 3.66. The predicted molar refractivity (Wildman–Crippen MR) is 71.6 cm³/mol. The zero-order chi connectivity index (χ0) is 14.8.